The lowest BCUT2D eigenvalue weighted by Crippen LogP contribution is -2.44. The lowest BCUT2D eigenvalue weighted by Gasteiger charge is -2.19. The van der Waals surface area contributed by atoms with Gasteiger partial charge >= 0.3 is 6.18 Å². The van der Waals surface area contributed by atoms with Crippen LogP contribution in [0.5, 0.6) is 0 Å². The number of likely N-dealkylation sites (tertiary alicyclic amines) is 1. The molecule has 1 saturated heterocycles. The highest BCUT2D eigenvalue weighted by Crippen LogP contribution is 2.20. The largest absolute Gasteiger partial charge is 0.444 e. The summed E-state index contributed by atoms with van der Waals surface area (Å²) in [5, 5.41) is 6.29. The maximum absolute atomic E-state index is 12.5. The zero-order chi connectivity index (χ0) is 20.1. The van der Waals surface area contributed by atoms with Crippen LogP contribution in [-0.2, 0) is 6.54 Å². The highest BCUT2D eigenvalue weighted by Gasteiger charge is 2.34. The Morgan fingerprint density at radius 3 is 2.75 bits per heavy atom. The molecule has 1 aromatic carbocycles. The Morgan fingerprint density at radius 1 is 1.32 bits per heavy atom. The van der Waals surface area contributed by atoms with Gasteiger partial charge in [-0.05, 0) is 25.5 Å². The minimum atomic E-state index is -4.17. The molecule has 152 valence electrons. The molecule has 2 heterocycles. The molecule has 0 amide bonds. The van der Waals surface area contributed by atoms with E-state index in [4.69, 9.17) is 4.42 Å². The third-order valence-corrected chi connectivity index (χ3v) is 4.53. The number of aromatic nitrogens is 1. The van der Waals surface area contributed by atoms with Crippen molar-refractivity contribution < 1.29 is 17.6 Å². The van der Waals surface area contributed by atoms with Gasteiger partial charge in [0.15, 0.2) is 5.96 Å². The number of guanidine groups is 1. The smallest absolute Gasteiger partial charge is 0.401 e. The molecular formula is C19H24F3N5O. The normalized spacial score (nSPS) is 18.5. The number of aliphatic imine (C=N–C) groups is 1. The maximum Gasteiger partial charge on any atom is 0.401 e. The van der Waals surface area contributed by atoms with Crippen molar-refractivity contribution in [3.63, 3.8) is 0 Å². The molecular weight excluding hydrogens is 371 g/mol. The predicted molar refractivity (Wildman–Crippen MR) is 101 cm³/mol. The number of nitrogens with one attached hydrogen (secondary N) is 2. The molecule has 1 atom stereocenters. The van der Waals surface area contributed by atoms with E-state index in [1.807, 2.05) is 31.2 Å². The van der Waals surface area contributed by atoms with E-state index in [0.29, 0.717) is 43.6 Å². The number of rotatable bonds is 5. The number of hydrogen-bond donors (Lipinski definition) is 2. The summed E-state index contributed by atoms with van der Waals surface area (Å²) in [5.41, 5.74) is 2.77. The fraction of sp³-hybridized carbons (Fsp3) is 0.474. The SMILES string of the molecule is CN=C(NCc1coc(-c2ccc(C)cc2)n1)NC1CCN(CC(F)(F)F)C1. The third kappa shape index (κ3) is 5.72. The van der Waals surface area contributed by atoms with Crippen LogP contribution in [0, 0.1) is 6.92 Å². The van der Waals surface area contributed by atoms with Crippen molar-refractivity contribution in [1.82, 2.24) is 20.5 Å². The van der Waals surface area contributed by atoms with E-state index < -0.39 is 12.7 Å². The van der Waals surface area contributed by atoms with Gasteiger partial charge in [0.05, 0.1) is 18.8 Å². The van der Waals surface area contributed by atoms with Gasteiger partial charge in [-0.2, -0.15) is 13.2 Å². The molecule has 1 aliphatic heterocycles. The summed E-state index contributed by atoms with van der Waals surface area (Å²) in [6, 6.07) is 7.81. The topological polar surface area (TPSA) is 65.7 Å². The first-order valence-corrected chi connectivity index (χ1v) is 9.10. The van der Waals surface area contributed by atoms with Gasteiger partial charge in [-0.15, -0.1) is 0 Å². The highest BCUT2D eigenvalue weighted by atomic mass is 19.4. The highest BCUT2D eigenvalue weighted by molar-refractivity contribution is 5.80. The first-order valence-electron chi connectivity index (χ1n) is 9.10. The van der Waals surface area contributed by atoms with Crippen LogP contribution < -0.4 is 10.6 Å². The zero-order valence-electron chi connectivity index (χ0n) is 15.9. The van der Waals surface area contributed by atoms with Gasteiger partial charge in [0, 0.05) is 31.7 Å². The van der Waals surface area contributed by atoms with Crippen LogP contribution in [0.3, 0.4) is 0 Å². The van der Waals surface area contributed by atoms with Gasteiger partial charge in [-0.3, -0.25) is 9.89 Å². The molecule has 2 aromatic rings. The number of nitrogens with zero attached hydrogens (tertiary/aromatic N) is 3. The molecule has 0 radical (unpaired) electrons. The fourth-order valence-corrected chi connectivity index (χ4v) is 3.13. The minimum absolute atomic E-state index is 0.0750. The van der Waals surface area contributed by atoms with Crippen molar-refractivity contribution in [3.8, 4) is 11.5 Å². The van der Waals surface area contributed by atoms with Crippen LogP contribution in [-0.4, -0.2) is 54.7 Å². The summed E-state index contributed by atoms with van der Waals surface area (Å²) in [5.74, 6) is 1.07. The summed E-state index contributed by atoms with van der Waals surface area (Å²) in [6.07, 6.45) is -1.95. The molecule has 0 aliphatic carbocycles. The molecule has 1 aliphatic rings. The van der Waals surface area contributed by atoms with Crippen LogP contribution in [0.2, 0.25) is 0 Å². The summed E-state index contributed by atoms with van der Waals surface area (Å²) in [4.78, 5) is 9.99. The molecule has 1 fully saturated rings. The van der Waals surface area contributed by atoms with Crippen molar-refractivity contribution >= 4 is 5.96 Å². The number of benzene rings is 1. The van der Waals surface area contributed by atoms with Crippen molar-refractivity contribution in [2.45, 2.75) is 32.1 Å². The Morgan fingerprint density at radius 2 is 2.07 bits per heavy atom. The predicted octanol–water partition coefficient (Wildman–Crippen LogP) is 2.95. The molecule has 1 unspecified atom stereocenters. The Bertz CT molecular complexity index is 801. The van der Waals surface area contributed by atoms with Crippen LogP contribution in [0.25, 0.3) is 11.5 Å². The van der Waals surface area contributed by atoms with Crippen molar-refractivity contribution in [2.24, 2.45) is 4.99 Å². The summed E-state index contributed by atoms with van der Waals surface area (Å²) in [6.45, 7) is 2.28. The first-order chi connectivity index (χ1) is 13.3. The average Bonchev–Trinajstić information content (AvgIpc) is 3.27. The van der Waals surface area contributed by atoms with Crippen molar-refractivity contribution in [2.75, 3.05) is 26.7 Å². The summed E-state index contributed by atoms with van der Waals surface area (Å²) >= 11 is 0. The van der Waals surface area contributed by atoms with Crippen LogP contribution >= 0.6 is 0 Å². The molecule has 2 N–H and O–H groups in total. The van der Waals surface area contributed by atoms with E-state index in [1.165, 1.54) is 4.90 Å². The van der Waals surface area contributed by atoms with Gasteiger partial charge in [0.25, 0.3) is 0 Å². The van der Waals surface area contributed by atoms with Crippen LogP contribution in [0.15, 0.2) is 39.9 Å². The number of halogens is 3. The monoisotopic (exact) mass is 395 g/mol. The average molecular weight is 395 g/mol. The third-order valence-electron chi connectivity index (χ3n) is 4.53. The second-order valence-corrected chi connectivity index (χ2v) is 6.92. The van der Waals surface area contributed by atoms with Crippen LogP contribution in [0.4, 0.5) is 13.2 Å². The van der Waals surface area contributed by atoms with Crippen molar-refractivity contribution in [3.05, 3.63) is 41.8 Å². The zero-order valence-corrected chi connectivity index (χ0v) is 15.9. The second kappa shape index (κ2) is 8.64. The Hall–Kier alpha value is -2.55. The molecule has 0 bridgehead atoms. The number of alkyl halides is 3. The standard InChI is InChI=1S/C19H24F3N5O/c1-13-3-5-14(6-4-13)17-25-16(11-28-17)9-24-18(23-2)26-15-7-8-27(10-15)12-19(20,21)22/h3-6,11,15H,7-10,12H2,1-2H3,(H2,23,24,26). The first kappa shape index (κ1) is 20.2. The molecule has 0 spiro atoms. The lowest BCUT2D eigenvalue weighted by atomic mass is 10.1. The van der Waals surface area contributed by atoms with Gasteiger partial charge in [0.2, 0.25) is 5.89 Å². The van der Waals surface area contributed by atoms with E-state index in [9.17, 15) is 13.2 Å². The lowest BCUT2D eigenvalue weighted by molar-refractivity contribution is -0.143. The van der Waals surface area contributed by atoms with Gasteiger partial charge in [-0.1, -0.05) is 17.7 Å². The fourth-order valence-electron chi connectivity index (χ4n) is 3.13. The molecule has 28 heavy (non-hydrogen) atoms. The number of hydrogen-bond acceptors (Lipinski definition) is 4. The van der Waals surface area contributed by atoms with E-state index in [1.54, 1.807) is 13.3 Å². The Labute approximate surface area is 161 Å². The van der Waals surface area contributed by atoms with E-state index in [2.05, 4.69) is 20.6 Å². The molecule has 1 aromatic heterocycles. The number of aryl methyl sites for hydroxylation is 1. The van der Waals surface area contributed by atoms with E-state index >= 15 is 0 Å². The molecule has 0 saturated carbocycles. The van der Waals surface area contributed by atoms with E-state index in [-0.39, 0.29) is 6.04 Å². The quantitative estimate of drug-likeness (QED) is 0.602. The Kier molecular flexibility index (Phi) is 6.23. The number of oxazole rings is 1. The maximum atomic E-state index is 12.5. The summed E-state index contributed by atoms with van der Waals surface area (Å²) in [7, 11) is 1.62. The van der Waals surface area contributed by atoms with Gasteiger partial charge in [-0.25, -0.2) is 4.98 Å². The van der Waals surface area contributed by atoms with Crippen molar-refractivity contribution in [1.29, 1.82) is 0 Å². The van der Waals surface area contributed by atoms with Gasteiger partial charge < -0.3 is 15.1 Å². The van der Waals surface area contributed by atoms with Crippen LogP contribution in [0.1, 0.15) is 17.7 Å². The summed E-state index contributed by atoms with van der Waals surface area (Å²) < 4.78 is 43.0. The molecule has 3 rings (SSSR count). The van der Waals surface area contributed by atoms with Gasteiger partial charge in [0.1, 0.15) is 6.26 Å². The Balaban J connectivity index is 1.49. The molecule has 6 nitrogen and oxygen atoms in total. The van der Waals surface area contributed by atoms with E-state index in [0.717, 1.165) is 11.1 Å². The molecule has 9 heteroatoms. The second-order valence-electron chi connectivity index (χ2n) is 6.92. The minimum Gasteiger partial charge on any atom is -0.444 e.